The lowest BCUT2D eigenvalue weighted by atomic mass is 10.2. The van der Waals surface area contributed by atoms with E-state index >= 15 is 0 Å². The summed E-state index contributed by atoms with van der Waals surface area (Å²) in [5, 5.41) is 22.8. The molecule has 37 heavy (non-hydrogen) atoms. The maximum atomic E-state index is 11.2. The largest absolute Gasteiger partial charge is 0.494 e. The zero-order valence-corrected chi connectivity index (χ0v) is 23.6. The molecule has 1 unspecified atom stereocenters. The minimum atomic E-state index is -0.734. The zero-order chi connectivity index (χ0) is 26.7. The van der Waals surface area contributed by atoms with Crippen LogP contribution in [0.5, 0.6) is 11.5 Å². The number of anilines is 1. The second-order valence-electron chi connectivity index (χ2n) is 8.50. The molecule has 0 aliphatic rings. The molecule has 0 spiro atoms. The van der Waals surface area contributed by atoms with Crippen LogP contribution in [0.3, 0.4) is 0 Å². The molecule has 11 heteroatoms. The third-order valence-electron chi connectivity index (χ3n) is 6.03. The lowest BCUT2D eigenvalue weighted by Crippen LogP contribution is -2.18. The number of benzene rings is 1. The molecule has 0 saturated heterocycles. The second kappa shape index (κ2) is 11.4. The summed E-state index contributed by atoms with van der Waals surface area (Å²) >= 11 is 1.53. The van der Waals surface area contributed by atoms with Crippen molar-refractivity contribution in [2.45, 2.75) is 46.0 Å². The molecule has 9 nitrogen and oxygen atoms in total. The van der Waals surface area contributed by atoms with E-state index in [9.17, 15) is 5.11 Å². The first-order valence-electron chi connectivity index (χ1n) is 11.8. The topological polar surface area (TPSA) is 107 Å². The quantitative estimate of drug-likeness (QED) is 0.277. The van der Waals surface area contributed by atoms with Crippen LogP contribution in [0.25, 0.3) is 17.1 Å². The molecular formula is C26H32N6O3S2. The molecule has 0 aliphatic heterocycles. The highest BCUT2D eigenvalue weighted by Crippen LogP contribution is 2.40. The van der Waals surface area contributed by atoms with Crippen molar-refractivity contribution in [1.82, 2.24) is 24.7 Å². The Morgan fingerprint density at radius 2 is 1.81 bits per heavy atom. The molecule has 3 aromatic heterocycles. The van der Waals surface area contributed by atoms with Crippen LogP contribution < -0.4 is 14.2 Å². The van der Waals surface area contributed by atoms with Crippen molar-refractivity contribution in [3.8, 4) is 28.6 Å². The van der Waals surface area contributed by atoms with Gasteiger partial charge in [0.25, 0.3) is 0 Å². The van der Waals surface area contributed by atoms with Crippen LogP contribution in [0.4, 0.5) is 5.95 Å². The molecule has 0 aliphatic carbocycles. The number of ether oxygens (including phenoxy) is 2. The predicted molar refractivity (Wildman–Crippen MR) is 151 cm³/mol. The van der Waals surface area contributed by atoms with Gasteiger partial charge in [-0.3, -0.25) is 9.55 Å². The Morgan fingerprint density at radius 1 is 1.11 bits per heavy atom. The van der Waals surface area contributed by atoms with E-state index in [-0.39, 0.29) is 5.25 Å². The first-order chi connectivity index (χ1) is 17.8. The lowest BCUT2D eigenvalue weighted by Gasteiger charge is -2.23. The summed E-state index contributed by atoms with van der Waals surface area (Å²) in [5.74, 6) is 2.28. The summed E-state index contributed by atoms with van der Waals surface area (Å²) in [6.07, 6.45) is 2.81. The Morgan fingerprint density at radius 3 is 2.38 bits per heavy atom. The van der Waals surface area contributed by atoms with E-state index in [0.29, 0.717) is 34.0 Å². The summed E-state index contributed by atoms with van der Waals surface area (Å²) in [5.41, 5.74) is 3.41. The molecule has 0 radical (unpaired) electrons. The third-order valence-corrected chi connectivity index (χ3v) is 9.16. The fourth-order valence-electron chi connectivity index (χ4n) is 3.91. The van der Waals surface area contributed by atoms with Crippen molar-refractivity contribution in [2.24, 2.45) is 0 Å². The molecule has 3 atom stereocenters. The number of aryl methyl sites for hydroxylation is 3. The summed E-state index contributed by atoms with van der Waals surface area (Å²) in [6.45, 7) is 9.93. The van der Waals surface area contributed by atoms with Gasteiger partial charge in [-0.25, -0.2) is 4.98 Å². The average molecular weight is 541 g/mol. The standard InChI is InChI=1S/C26H32N6O3S2/c1-8-37(18(5)23(33)25-28-16(3)17(4)36-25)31-26-30-29-24(19-12-15(2)13-27-14-19)32(26)22-20(34-6)10-9-11-21(22)35-7/h8-14,18,23,33H,1-7H3,(H,30,31)/t18-,23-,37?/m0/s1. The van der Waals surface area contributed by atoms with E-state index < -0.39 is 16.8 Å². The van der Waals surface area contributed by atoms with Crippen LogP contribution in [0.1, 0.15) is 41.1 Å². The number of hydrogen-bond donors (Lipinski definition) is 2. The van der Waals surface area contributed by atoms with Gasteiger partial charge in [-0.2, -0.15) is 0 Å². The molecule has 2 N–H and O–H groups in total. The maximum Gasteiger partial charge on any atom is 0.239 e. The molecule has 3 heterocycles. The van der Waals surface area contributed by atoms with Crippen molar-refractivity contribution in [3.05, 3.63) is 57.8 Å². The van der Waals surface area contributed by atoms with E-state index in [1.165, 1.54) is 11.3 Å². The van der Waals surface area contributed by atoms with Crippen LogP contribution in [-0.2, 0) is 0 Å². The summed E-state index contributed by atoms with van der Waals surface area (Å²) < 4.78 is 16.8. The lowest BCUT2D eigenvalue weighted by molar-refractivity contribution is 0.179. The van der Waals surface area contributed by atoms with Gasteiger partial charge in [0, 0.05) is 28.1 Å². The number of nitrogens with one attached hydrogen (secondary N) is 1. The predicted octanol–water partition coefficient (Wildman–Crippen LogP) is 5.27. The van der Waals surface area contributed by atoms with Crippen molar-refractivity contribution in [1.29, 1.82) is 0 Å². The number of rotatable bonds is 9. The van der Waals surface area contributed by atoms with Crippen LogP contribution in [0.15, 0.2) is 36.7 Å². The summed E-state index contributed by atoms with van der Waals surface area (Å²) in [6, 6.07) is 7.61. The first-order valence-corrected chi connectivity index (χ1v) is 13.9. The molecule has 0 saturated carbocycles. The van der Waals surface area contributed by atoms with E-state index in [0.717, 1.165) is 21.7 Å². The highest BCUT2D eigenvalue weighted by molar-refractivity contribution is 8.16. The molecule has 4 rings (SSSR count). The van der Waals surface area contributed by atoms with Crippen molar-refractivity contribution in [2.75, 3.05) is 18.9 Å². The van der Waals surface area contributed by atoms with Crippen molar-refractivity contribution < 1.29 is 14.6 Å². The number of thiazole rings is 1. The smallest absolute Gasteiger partial charge is 0.239 e. The van der Waals surface area contributed by atoms with Gasteiger partial charge in [0.15, 0.2) is 5.82 Å². The number of hydrogen-bond acceptors (Lipinski definition) is 9. The van der Waals surface area contributed by atoms with Crippen LogP contribution in [0, 0.1) is 20.8 Å². The minimum Gasteiger partial charge on any atom is -0.494 e. The van der Waals surface area contributed by atoms with E-state index in [1.54, 1.807) is 26.6 Å². The fourth-order valence-corrected chi connectivity index (χ4v) is 6.50. The van der Waals surface area contributed by atoms with Crippen LogP contribution in [0.2, 0.25) is 0 Å². The van der Waals surface area contributed by atoms with Crippen LogP contribution >= 0.6 is 22.0 Å². The van der Waals surface area contributed by atoms with Crippen LogP contribution in [-0.4, -0.2) is 54.7 Å². The van der Waals surface area contributed by atoms with E-state index in [4.69, 9.17) is 9.47 Å². The molecule has 0 amide bonds. The summed E-state index contributed by atoms with van der Waals surface area (Å²) in [4.78, 5) is 10.0. The van der Waals surface area contributed by atoms with E-state index in [1.807, 2.05) is 68.8 Å². The maximum absolute atomic E-state index is 11.2. The van der Waals surface area contributed by atoms with Gasteiger partial charge in [0.2, 0.25) is 5.95 Å². The zero-order valence-electron chi connectivity index (χ0n) is 22.0. The normalized spacial score (nSPS) is 13.8. The molecule has 0 fully saturated rings. The van der Waals surface area contributed by atoms with Gasteiger partial charge in [0.1, 0.15) is 28.3 Å². The van der Waals surface area contributed by atoms with Crippen molar-refractivity contribution >= 4 is 33.3 Å². The highest BCUT2D eigenvalue weighted by atomic mass is 32.2. The van der Waals surface area contributed by atoms with Gasteiger partial charge in [-0.15, -0.1) is 21.5 Å². The fraction of sp³-hybridized carbons (Fsp3) is 0.346. The molecule has 4 aromatic rings. The monoisotopic (exact) mass is 540 g/mol. The molecular weight excluding hydrogens is 508 g/mol. The molecule has 196 valence electrons. The number of aromatic nitrogens is 5. The number of methoxy groups -OCH3 is 2. The first kappa shape index (κ1) is 26.8. The van der Waals surface area contributed by atoms with Gasteiger partial charge in [-0.1, -0.05) is 16.7 Å². The van der Waals surface area contributed by atoms with Gasteiger partial charge < -0.3 is 19.3 Å². The minimum absolute atomic E-state index is 0.177. The highest BCUT2D eigenvalue weighted by Gasteiger charge is 2.27. The SMILES string of the molecule is C/C=S(\Nc1nnc(-c2cncc(C)c2)n1-c1c(OC)cccc1OC)[C@@H](C)[C@H](O)c1nc(C)c(C)s1. The average Bonchev–Trinajstić information content (AvgIpc) is 3.47. The number of para-hydroxylation sites is 1. The number of pyridine rings is 1. The third kappa shape index (κ3) is 5.39. The van der Waals surface area contributed by atoms with Crippen molar-refractivity contribution in [3.63, 3.8) is 0 Å². The molecule has 1 aromatic carbocycles. The Hall–Kier alpha value is -3.28. The molecule has 0 bridgehead atoms. The summed E-state index contributed by atoms with van der Waals surface area (Å²) in [7, 11) is 2.65. The van der Waals surface area contributed by atoms with Gasteiger partial charge in [0.05, 0.1) is 19.9 Å². The Balaban J connectivity index is 1.82. The number of aliphatic hydroxyl groups excluding tert-OH is 1. The number of nitrogens with zero attached hydrogens (tertiary/aromatic N) is 5. The van der Waals surface area contributed by atoms with E-state index in [2.05, 4.69) is 24.9 Å². The second-order valence-corrected chi connectivity index (χ2v) is 11.9. The van der Waals surface area contributed by atoms with Gasteiger partial charge in [-0.05, 0) is 63.7 Å². The van der Waals surface area contributed by atoms with Gasteiger partial charge >= 0.3 is 0 Å². The Bertz CT molecular complexity index is 1390. The number of aliphatic hydroxyl groups is 1. The Kier molecular flexibility index (Phi) is 8.25. The Labute approximate surface area is 223 Å².